The number of hydrogen-bond acceptors (Lipinski definition) is 3. The molecule has 1 aromatic heterocycles. The van der Waals surface area contributed by atoms with Gasteiger partial charge in [0, 0.05) is 6.92 Å². The van der Waals surface area contributed by atoms with Gasteiger partial charge in [-0.25, -0.2) is 0 Å². The van der Waals surface area contributed by atoms with E-state index in [1.807, 2.05) is 6.92 Å². The van der Waals surface area contributed by atoms with Gasteiger partial charge < -0.3 is 9.73 Å². The Morgan fingerprint density at radius 1 is 1.53 bits per heavy atom. The van der Waals surface area contributed by atoms with Crippen molar-refractivity contribution < 1.29 is 14.0 Å². The lowest BCUT2D eigenvalue weighted by molar-refractivity contribution is -0.119. The molecule has 82 valence electrons. The van der Waals surface area contributed by atoms with Crippen LogP contribution in [0.15, 0.2) is 10.5 Å². The summed E-state index contributed by atoms with van der Waals surface area (Å²) < 4.78 is 5.27. The van der Waals surface area contributed by atoms with Crippen molar-refractivity contribution in [1.29, 1.82) is 0 Å². The minimum absolute atomic E-state index is 0.105. The van der Waals surface area contributed by atoms with Gasteiger partial charge in [0.15, 0.2) is 5.76 Å². The Kier molecular flexibility index (Phi) is 3.91. The summed E-state index contributed by atoms with van der Waals surface area (Å²) in [4.78, 5) is 21.9. The molecule has 1 amide bonds. The maximum absolute atomic E-state index is 11.2. The van der Waals surface area contributed by atoms with Crippen LogP contribution < -0.4 is 5.32 Å². The fourth-order valence-electron chi connectivity index (χ4n) is 1.10. The molecule has 0 saturated heterocycles. The van der Waals surface area contributed by atoms with E-state index >= 15 is 0 Å². The van der Waals surface area contributed by atoms with Crippen molar-refractivity contribution in [2.45, 2.75) is 20.4 Å². The van der Waals surface area contributed by atoms with E-state index in [2.05, 4.69) is 5.32 Å². The maximum Gasteiger partial charge on any atom is 0.217 e. The third kappa shape index (κ3) is 3.09. The van der Waals surface area contributed by atoms with E-state index < -0.39 is 0 Å². The van der Waals surface area contributed by atoms with Gasteiger partial charge in [0.05, 0.1) is 12.4 Å². The number of carbonyl (C=O) groups is 2. The number of ketones is 1. The Balaban J connectivity index is 2.77. The summed E-state index contributed by atoms with van der Waals surface area (Å²) in [5.74, 6) is 0.318. The molecule has 1 heterocycles. The number of rotatable bonds is 4. The van der Waals surface area contributed by atoms with Crippen LogP contribution in [-0.4, -0.2) is 17.6 Å². The first kappa shape index (κ1) is 11.8. The standard InChI is InChI=1S/C10H12ClNO3/c1-6-3-9(8(14)4-11)15-10(6)5-12-7(2)13/h3H,4-5H2,1-2H3,(H,12,13). The molecule has 0 radical (unpaired) electrons. The van der Waals surface area contributed by atoms with Crippen LogP contribution in [0.25, 0.3) is 0 Å². The number of carbonyl (C=O) groups excluding carboxylic acids is 2. The second kappa shape index (κ2) is 4.98. The van der Waals surface area contributed by atoms with Crippen molar-refractivity contribution in [3.05, 3.63) is 23.2 Å². The Bertz CT molecular complexity index is 384. The highest BCUT2D eigenvalue weighted by atomic mass is 35.5. The van der Waals surface area contributed by atoms with Gasteiger partial charge in [0.25, 0.3) is 0 Å². The zero-order chi connectivity index (χ0) is 11.4. The second-order valence-electron chi connectivity index (χ2n) is 3.18. The van der Waals surface area contributed by atoms with Gasteiger partial charge in [-0.3, -0.25) is 9.59 Å². The normalized spacial score (nSPS) is 10.1. The van der Waals surface area contributed by atoms with Crippen LogP contribution in [0.2, 0.25) is 0 Å². The summed E-state index contributed by atoms with van der Waals surface area (Å²) in [6.07, 6.45) is 0. The highest BCUT2D eigenvalue weighted by Gasteiger charge is 2.13. The predicted octanol–water partition coefficient (Wildman–Crippen LogP) is 1.65. The van der Waals surface area contributed by atoms with Crippen molar-refractivity contribution in [2.24, 2.45) is 0 Å². The summed E-state index contributed by atoms with van der Waals surface area (Å²) in [7, 11) is 0. The molecule has 0 unspecified atom stereocenters. The van der Waals surface area contributed by atoms with Gasteiger partial charge in [-0.05, 0) is 18.6 Å². The molecular formula is C10H12ClNO3. The van der Waals surface area contributed by atoms with Crippen molar-refractivity contribution >= 4 is 23.3 Å². The molecule has 0 saturated carbocycles. The average Bonchev–Trinajstić information content (AvgIpc) is 2.55. The first-order chi connectivity index (χ1) is 7.04. The minimum atomic E-state index is -0.256. The Morgan fingerprint density at radius 2 is 2.20 bits per heavy atom. The molecule has 5 heteroatoms. The number of furan rings is 1. The Hall–Kier alpha value is -1.29. The highest BCUT2D eigenvalue weighted by molar-refractivity contribution is 6.30. The maximum atomic E-state index is 11.2. The molecule has 0 atom stereocenters. The summed E-state index contributed by atoms with van der Waals surface area (Å²) in [6, 6.07) is 1.63. The van der Waals surface area contributed by atoms with Gasteiger partial charge >= 0.3 is 0 Å². The number of amides is 1. The molecule has 4 nitrogen and oxygen atoms in total. The Morgan fingerprint density at radius 3 is 2.73 bits per heavy atom. The summed E-state index contributed by atoms with van der Waals surface area (Å²) in [5, 5.41) is 2.60. The molecule has 0 spiro atoms. The van der Waals surface area contributed by atoms with Gasteiger partial charge in [0.1, 0.15) is 5.76 Å². The third-order valence-electron chi connectivity index (χ3n) is 1.91. The zero-order valence-electron chi connectivity index (χ0n) is 8.59. The van der Waals surface area contributed by atoms with Gasteiger partial charge in [-0.15, -0.1) is 11.6 Å². The molecule has 1 rings (SSSR count). The largest absolute Gasteiger partial charge is 0.456 e. The summed E-state index contributed by atoms with van der Waals surface area (Å²) in [6.45, 7) is 3.52. The lowest BCUT2D eigenvalue weighted by atomic mass is 10.2. The first-order valence-corrected chi connectivity index (χ1v) is 5.01. The van der Waals surface area contributed by atoms with Crippen LogP contribution in [-0.2, 0) is 11.3 Å². The van der Waals surface area contributed by atoms with Crippen molar-refractivity contribution in [1.82, 2.24) is 5.32 Å². The topological polar surface area (TPSA) is 59.3 Å². The zero-order valence-corrected chi connectivity index (χ0v) is 9.35. The number of halogens is 1. The SMILES string of the molecule is CC(=O)NCc1oc(C(=O)CCl)cc1C. The smallest absolute Gasteiger partial charge is 0.217 e. The fourth-order valence-corrected chi connectivity index (χ4v) is 1.24. The third-order valence-corrected chi connectivity index (χ3v) is 2.16. The lowest BCUT2D eigenvalue weighted by Gasteiger charge is -1.99. The van der Waals surface area contributed by atoms with E-state index in [0.29, 0.717) is 5.76 Å². The monoisotopic (exact) mass is 229 g/mol. The molecular weight excluding hydrogens is 218 g/mol. The van der Waals surface area contributed by atoms with Crippen molar-refractivity contribution in [2.75, 3.05) is 5.88 Å². The van der Waals surface area contributed by atoms with Crippen LogP contribution >= 0.6 is 11.6 Å². The van der Waals surface area contributed by atoms with Crippen LogP contribution in [0, 0.1) is 6.92 Å². The lowest BCUT2D eigenvalue weighted by Crippen LogP contribution is -2.18. The summed E-state index contributed by atoms with van der Waals surface area (Å²) in [5.41, 5.74) is 0.831. The van der Waals surface area contributed by atoms with E-state index in [1.54, 1.807) is 6.07 Å². The molecule has 0 aliphatic rings. The number of aryl methyl sites for hydroxylation is 1. The van der Waals surface area contributed by atoms with Crippen LogP contribution in [0.3, 0.4) is 0 Å². The van der Waals surface area contributed by atoms with Crippen LogP contribution in [0.4, 0.5) is 0 Å². The fraction of sp³-hybridized carbons (Fsp3) is 0.400. The highest BCUT2D eigenvalue weighted by Crippen LogP contribution is 2.15. The predicted molar refractivity (Wildman–Crippen MR) is 56.0 cm³/mol. The van der Waals surface area contributed by atoms with Crippen molar-refractivity contribution in [3.8, 4) is 0 Å². The molecule has 0 bridgehead atoms. The number of alkyl halides is 1. The van der Waals surface area contributed by atoms with Gasteiger partial charge in [-0.1, -0.05) is 0 Å². The van der Waals surface area contributed by atoms with Crippen LogP contribution in [0.1, 0.15) is 28.8 Å². The molecule has 0 fully saturated rings. The minimum Gasteiger partial charge on any atom is -0.456 e. The number of hydrogen-bond donors (Lipinski definition) is 1. The molecule has 1 aromatic rings. The second-order valence-corrected chi connectivity index (χ2v) is 3.45. The van der Waals surface area contributed by atoms with E-state index in [9.17, 15) is 9.59 Å². The average molecular weight is 230 g/mol. The van der Waals surface area contributed by atoms with Crippen molar-refractivity contribution in [3.63, 3.8) is 0 Å². The van der Waals surface area contributed by atoms with E-state index in [4.69, 9.17) is 16.0 Å². The first-order valence-electron chi connectivity index (χ1n) is 4.47. The summed E-state index contributed by atoms with van der Waals surface area (Å²) >= 11 is 5.40. The van der Waals surface area contributed by atoms with Crippen LogP contribution in [0.5, 0.6) is 0 Å². The molecule has 0 aliphatic carbocycles. The quantitative estimate of drug-likeness (QED) is 0.631. The molecule has 1 N–H and O–H groups in total. The number of nitrogens with one attached hydrogen (secondary N) is 1. The molecule has 0 aliphatic heterocycles. The van der Waals surface area contributed by atoms with E-state index in [0.717, 1.165) is 5.56 Å². The molecule has 15 heavy (non-hydrogen) atoms. The number of Topliss-reactive ketones (excluding diaryl/α,β-unsaturated/α-hetero) is 1. The van der Waals surface area contributed by atoms with Gasteiger partial charge in [-0.2, -0.15) is 0 Å². The van der Waals surface area contributed by atoms with E-state index in [1.165, 1.54) is 6.92 Å². The van der Waals surface area contributed by atoms with Gasteiger partial charge in [0.2, 0.25) is 11.7 Å². The molecule has 0 aromatic carbocycles. The Labute approximate surface area is 92.6 Å². The van der Waals surface area contributed by atoms with E-state index in [-0.39, 0.29) is 29.9 Å².